The number of carbonyl (C=O) groups is 1. The summed E-state index contributed by atoms with van der Waals surface area (Å²) in [6, 6.07) is 7.96. The van der Waals surface area contributed by atoms with Crippen molar-refractivity contribution >= 4 is 29.8 Å². The highest BCUT2D eigenvalue weighted by atomic mass is 35.5. The van der Waals surface area contributed by atoms with Gasteiger partial charge in [-0.05, 0) is 30.3 Å². The Morgan fingerprint density at radius 1 is 1.23 bits per heavy atom. The molecule has 1 aliphatic rings. The third-order valence-electron chi connectivity index (χ3n) is 3.92. The quantitative estimate of drug-likeness (QED) is 0.738. The van der Waals surface area contributed by atoms with Gasteiger partial charge in [0, 0.05) is 37.4 Å². The van der Waals surface area contributed by atoms with Crippen LogP contribution < -0.4 is 16.0 Å². The standard InChI is InChI=1S/C17H17F3N4O.ClH/c18-17(19,20)12-3-1-4-13(7-12)24-15-14(5-2-6-22-15)16(25)23-10-11-8-21-9-11;/h1-7,11,21H,8-10H2,(H,22,24)(H,23,25);1H. The van der Waals surface area contributed by atoms with Crippen molar-refractivity contribution < 1.29 is 18.0 Å². The lowest BCUT2D eigenvalue weighted by Crippen LogP contribution is -2.48. The van der Waals surface area contributed by atoms with Crippen LogP contribution in [-0.2, 0) is 6.18 Å². The lowest BCUT2D eigenvalue weighted by Gasteiger charge is -2.27. The Morgan fingerprint density at radius 2 is 2.00 bits per heavy atom. The lowest BCUT2D eigenvalue weighted by atomic mass is 10.0. The number of rotatable bonds is 5. The maximum absolute atomic E-state index is 12.8. The first-order chi connectivity index (χ1) is 11.9. The maximum Gasteiger partial charge on any atom is 0.416 e. The topological polar surface area (TPSA) is 66.0 Å². The zero-order valence-electron chi connectivity index (χ0n) is 13.6. The van der Waals surface area contributed by atoms with Crippen LogP contribution in [0.1, 0.15) is 15.9 Å². The number of pyridine rings is 1. The number of aromatic nitrogens is 1. The zero-order chi connectivity index (χ0) is 17.9. The minimum atomic E-state index is -4.43. The minimum absolute atomic E-state index is 0. The van der Waals surface area contributed by atoms with Gasteiger partial charge in [0.05, 0.1) is 11.1 Å². The fourth-order valence-electron chi connectivity index (χ4n) is 2.42. The Labute approximate surface area is 154 Å². The van der Waals surface area contributed by atoms with Crippen LogP contribution in [0.4, 0.5) is 24.7 Å². The fraction of sp³-hybridized carbons (Fsp3) is 0.294. The highest BCUT2D eigenvalue weighted by Crippen LogP contribution is 2.31. The van der Waals surface area contributed by atoms with Crippen LogP contribution >= 0.6 is 12.4 Å². The summed E-state index contributed by atoms with van der Waals surface area (Å²) in [6.07, 6.45) is -2.96. The van der Waals surface area contributed by atoms with Gasteiger partial charge in [0.15, 0.2) is 0 Å². The molecule has 0 saturated carbocycles. The smallest absolute Gasteiger partial charge is 0.352 e. The van der Waals surface area contributed by atoms with Gasteiger partial charge in [-0.25, -0.2) is 4.98 Å². The number of hydrogen-bond acceptors (Lipinski definition) is 4. The number of amides is 1. The van der Waals surface area contributed by atoms with Crippen LogP contribution in [0.2, 0.25) is 0 Å². The first-order valence-corrected chi connectivity index (χ1v) is 7.81. The molecule has 0 atom stereocenters. The molecule has 26 heavy (non-hydrogen) atoms. The number of halogens is 4. The number of benzene rings is 1. The molecule has 0 unspecified atom stereocenters. The summed E-state index contributed by atoms with van der Waals surface area (Å²) in [7, 11) is 0. The van der Waals surface area contributed by atoms with E-state index >= 15 is 0 Å². The van der Waals surface area contributed by atoms with E-state index in [1.54, 1.807) is 12.1 Å². The van der Waals surface area contributed by atoms with Crippen molar-refractivity contribution in [1.82, 2.24) is 15.6 Å². The van der Waals surface area contributed by atoms with Gasteiger partial charge >= 0.3 is 6.18 Å². The van der Waals surface area contributed by atoms with Gasteiger partial charge in [0.2, 0.25) is 0 Å². The van der Waals surface area contributed by atoms with E-state index in [-0.39, 0.29) is 35.4 Å². The predicted octanol–water partition coefficient (Wildman–Crippen LogP) is 3.22. The second-order valence-corrected chi connectivity index (χ2v) is 5.84. The molecule has 2 heterocycles. The van der Waals surface area contributed by atoms with Crippen molar-refractivity contribution in [3.8, 4) is 0 Å². The summed E-state index contributed by atoms with van der Waals surface area (Å²) in [5, 5.41) is 8.74. The van der Waals surface area contributed by atoms with Crippen molar-refractivity contribution in [2.75, 3.05) is 25.0 Å². The Morgan fingerprint density at radius 3 is 2.65 bits per heavy atom. The molecule has 1 aromatic carbocycles. The third-order valence-corrected chi connectivity index (χ3v) is 3.92. The summed E-state index contributed by atoms with van der Waals surface area (Å²) in [4.78, 5) is 16.4. The molecule has 1 fully saturated rings. The van der Waals surface area contributed by atoms with Gasteiger partial charge in [-0.3, -0.25) is 4.79 Å². The lowest BCUT2D eigenvalue weighted by molar-refractivity contribution is -0.137. The van der Waals surface area contributed by atoms with E-state index in [9.17, 15) is 18.0 Å². The van der Waals surface area contributed by atoms with Gasteiger partial charge in [-0.1, -0.05) is 6.07 Å². The average molecular weight is 387 g/mol. The number of nitrogens with one attached hydrogen (secondary N) is 3. The monoisotopic (exact) mass is 386 g/mol. The van der Waals surface area contributed by atoms with E-state index < -0.39 is 11.7 Å². The highest BCUT2D eigenvalue weighted by molar-refractivity contribution is 5.99. The van der Waals surface area contributed by atoms with Crippen molar-refractivity contribution in [1.29, 1.82) is 0 Å². The van der Waals surface area contributed by atoms with E-state index in [1.165, 1.54) is 18.3 Å². The van der Waals surface area contributed by atoms with Crippen molar-refractivity contribution in [3.05, 3.63) is 53.7 Å². The number of nitrogens with zero attached hydrogens (tertiary/aromatic N) is 1. The van der Waals surface area contributed by atoms with Crippen LogP contribution in [-0.4, -0.2) is 30.5 Å². The van der Waals surface area contributed by atoms with Gasteiger partial charge in [0.25, 0.3) is 5.91 Å². The molecule has 5 nitrogen and oxygen atoms in total. The van der Waals surface area contributed by atoms with Crippen LogP contribution in [0, 0.1) is 5.92 Å². The van der Waals surface area contributed by atoms with Gasteiger partial charge in [0.1, 0.15) is 5.82 Å². The van der Waals surface area contributed by atoms with Crippen molar-refractivity contribution in [2.24, 2.45) is 5.92 Å². The van der Waals surface area contributed by atoms with E-state index in [4.69, 9.17) is 0 Å². The molecule has 3 rings (SSSR count). The molecule has 2 aromatic rings. The summed E-state index contributed by atoms with van der Waals surface area (Å²) in [5.41, 5.74) is -0.269. The molecule has 3 N–H and O–H groups in total. The average Bonchev–Trinajstić information content (AvgIpc) is 2.53. The first kappa shape index (κ1) is 20.0. The number of hydrogen-bond donors (Lipinski definition) is 3. The van der Waals surface area contributed by atoms with E-state index in [1.807, 2.05) is 0 Å². The van der Waals surface area contributed by atoms with Crippen molar-refractivity contribution in [3.63, 3.8) is 0 Å². The van der Waals surface area contributed by atoms with Crippen LogP contribution in [0.25, 0.3) is 0 Å². The predicted molar refractivity (Wildman–Crippen MR) is 94.9 cm³/mol. The molecule has 1 saturated heterocycles. The molecule has 9 heteroatoms. The largest absolute Gasteiger partial charge is 0.416 e. The second kappa shape index (κ2) is 8.37. The Kier molecular flexibility index (Phi) is 6.44. The maximum atomic E-state index is 12.8. The molecule has 0 bridgehead atoms. The van der Waals surface area contributed by atoms with Gasteiger partial charge in [-0.15, -0.1) is 12.4 Å². The fourth-order valence-corrected chi connectivity index (χ4v) is 2.42. The molecule has 0 spiro atoms. The normalized spacial score (nSPS) is 14.1. The van der Waals surface area contributed by atoms with E-state index in [0.29, 0.717) is 12.5 Å². The Balaban J connectivity index is 0.00000243. The summed E-state index contributed by atoms with van der Waals surface area (Å²) < 4.78 is 38.4. The summed E-state index contributed by atoms with van der Waals surface area (Å²) >= 11 is 0. The summed E-state index contributed by atoms with van der Waals surface area (Å²) in [6.45, 7) is 2.27. The van der Waals surface area contributed by atoms with Crippen LogP contribution in [0.3, 0.4) is 0 Å². The van der Waals surface area contributed by atoms with Crippen molar-refractivity contribution in [2.45, 2.75) is 6.18 Å². The van der Waals surface area contributed by atoms with Gasteiger partial charge in [-0.2, -0.15) is 13.2 Å². The van der Waals surface area contributed by atoms with Gasteiger partial charge < -0.3 is 16.0 Å². The third kappa shape index (κ3) is 4.86. The molecule has 0 radical (unpaired) electrons. The Bertz CT molecular complexity index is 766. The number of alkyl halides is 3. The Hall–Kier alpha value is -2.32. The van der Waals surface area contributed by atoms with E-state index in [0.717, 1.165) is 25.2 Å². The van der Waals surface area contributed by atoms with Crippen LogP contribution in [0.15, 0.2) is 42.6 Å². The first-order valence-electron chi connectivity index (χ1n) is 7.81. The molecular weight excluding hydrogens is 369 g/mol. The second-order valence-electron chi connectivity index (χ2n) is 5.84. The molecule has 1 amide bonds. The molecule has 0 aliphatic carbocycles. The molecule has 1 aromatic heterocycles. The molecule has 140 valence electrons. The highest BCUT2D eigenvalue weighted by Gasteiger charge is 2.30. The van der Waals surface area contributed by atoms with Crippen LogP contribution in [0.5, 0.6) is 0 Å². The molecular formula is C17H18ClF3N4O. The number of carbonyl (C=O) groups excluding carboxylic acids is 1. The zero-order valence-corrected chi connectivity index (χ0v) is 14.5. The summed E-state index contributed by atoms with van der Waals surface area (Å²) in [5.74, 6) is 0.307. The minimum Gasteiger partial charge on any atom is -0.352 e. The molecule has 1 aliphatic heterocycles. The van der Waals surface area contributed by atoms with E-state index in [2.05, 4.69) is 20.9 Å². The number of anilines is 2. The SMILES string of the molecule is Cl.O=C(NCC1CNC1)c1cccnc1Nc1cccc(C(F)(F)F)c1.